The largest absolute Gasteiger partial charge is 0.440 e. The number of hydrogen-bond acceptors (Lipinski definition) is 5. The standard InChI is InChI=1S/C12H10N4O/c13-5-8-1-2-9(15-6-8)12-16-10-7-14-4-3-11(10)17-12/h1-2,6,14H,3-4,7H2. The molecule has 3 heterocycles. The SMILES string of the molecule is N#Cc1ccc(-c2nc3c(o2)CCNC3)nc1. The van der Waals surface area contributed by atoms with Crippen molar-refractivity contribution in [2.75, 3.05) is 6.54 Å². The van der Waals surface area contributed by atoms with Crippen LogP contribution in [-0.2, 0) is 13.0 Å². The second-order valence-electron chi connectivity index (χ2n) is 3.86. The van der Waals surface area contributed by atoms with Gasteiger partial charge in [-0.2, -0.15) is 5.26 Å². The molecule has 5 heteroatoms. The third kappa shape index (κ3) is 1.79. The van der Waals surface area contributed by atoms with E-state index in [0.717, 1.165) is 31.0 Å². The molecular weight excluding hydrogens is 216 g/mol. The van der Waals surface area contributed by atoms with E-state index >= 15 is 0 Å². The van der Waals surface area contributed by atoms with Gasteiger partial charge < -0.3 is 9.73 Å². The summed E-state index contributed by atoms with van der Waals surface area (Å²) in [6.07, 6.45) is 2.38. The molecule has 0 unspecified atom stereocenters. The molecule has 3 rings (SSSR count). The minimum Gasteiger partial charge on any atom is -0.440 e. The van der Waals surface area contributed by atoms with Crippen molar-refractivity contribution in [3.63, 3.8) is 0 Å². The van der Waals surface area contributed by atoms with E-state index in [9.17, 15) is 0 Å². The number of fused-ring (bicyclic) bond motifs is 1. The zero-order valence-electron chi connectivity index (χ0n) is 9.10. The van der Waals surface area contributed by atoms with Crippen molar-refractivity contribution in [3.05, 3.63) is 35.3 Å². The molecule has 1 aliphatic heterocycles. The number of hydrogen-bond donors (Lipinski definition) is 1. The van der Waals surface area contributed by atoms with Crippen LogP contribution in [0.25, 0.3) is 11.6 Å². The molecule has 1 N–H and O–H groups in total. The highest BCUT2D eigenvalue weighted by molar-refractivity contribution is 5.49. The molecule has 0 spiro atoms. The van der Waals surface area contributed by atoms with Gasteiger partial charge in [0.05, 0.1) is 11.3 Å². The quantitative estimate of drug-likeness (QED) is 0.792. The Bertz CT molecular complexity index is 556. The molecule has 0 saturated heterocycles. The zero-order valence-corrected chi connectivity index (χ0v) is 9.10. The summed E-state index contributed by atoms with van der Waals surface area (Å²) in [4.78, 5) is 8.57. The van der Waals surface area contributed by atoms with E-state index in [1.165, 1.54) is 6.20 Å². The Morgan fingerprint density at radius 3 is 3.06 bits per heavy atom. The van der Waals surface area contributed by atoms with Gasteiger partial charge in [0, 0.05) is 25.7 Å². The van der Waals surface area contributed by atoms with Crippen molar-refractivity contribution in [2.24, 2.45) is 0 Å². The van der Waals surface area contributed by atoms with Crippen molar-refractivity contribution >= 4 is 0 Å². The number of pyridine rings is 1. The molecule has 1 aliphatic rings. The van der Waals surface area contributed by atoms with Crippen molar-refractivity contribution < 1.29 is 4.42 Å². The fourth-order valence-electron chi connectivity index (χ4n) is 1.82. The topological polar surface area (TPSA) is 74.7 Å². The van der Waals surface area contributed by atoms with E-state index in [4.69, 9.17) is 9.68 Å². The summed E-state index contributed by atoms with van der Waals surface area (Å²) in [7, 11) is 0. The van der Waals surface area contributed by atoms with E-state index in [1.807, 2.05) is 6.07 Å². The summed E-state index contributed by atoms with van der Waals surface area (Å²) in [5.41, 5.74) is 2.16. The van der Waals surface area contributed by atoms with Crippen molar-refractivity contribution in [1.29, 1.82) is 5.26 Å². The maximum Gasteiger partial charge on any atom is 0.245 e. The maximum atomic E-state index is 8.69. The average Bonchev–Trinajstić information content (AvgIpc) is 2.82. The van der Waals surface area contributed by atoms with Crippen molar-refractivity contribution in [1.82, 2.24) is 15.3 Å². The fourth-order valence-corrected chi connectivity index (χ4v) is 1.82. The van der Waals surface area contributed by atoms with Crippen LogP contribution in [0, 0.1) is 11.3 Å². The summed E-state index contributed by atoms with van der Waals surface area (Å²) >= 11 is 0. The van der Waals surface area contributed by atoms with Crippen LogP contribution >= 0.6 is 0 Å². The van der Waals surface area contributed by atoms with Crippen molar-refractivity contribution in [2.45, 2.75) is 13.0 Å². The third-order valence-corrected chi connectivity index (χ3v) is 2.71. The number of nitriles is 1. The lowest BCUT2D eigenvalue weighted by Crippen LogP contribution is -2.22. The monoisotopic (exact) mass is 226 g/mol. The molecule has 0 bridgehead atoms. The molecule has 0 atom stereocenters. The van der Waals surface area contributed by atoms with Crippen LogP contribution < -0.4 is 5.32 Å². The molecule has 0 fully saturated rings. The summed E-state index contributed by atoms with van der Waals surface area (Å²) in [6, 6.07) is 5.50. The molecular formula is C12H10N4O. The van der Waals surface area contributed by atoms with Gasteiger partial charge in [-0.3, -0.25) is 0 Å². The van der Waals surface area contributed by atoms with E-state index < -0.39 is 0 Å². The molecule has 0 aromatic carbocycles. The first-order chi connectivity index (χ1) is 8.36. The minimum atomic E-state index is 0.531. The Hall–Kier alpha value is -2.19. The van der Waals surface area contributed by atoms with Crippen LogP contribution in [-0.4, -0.2) is 16.5 Å². The third-order valence-electron chi connectivity index (χ3n) is 2.71. The van der Waals surface area contributed by atoms with E-state index in [1.54, 1.807) is 12.1 Å². The number of rotatable bonds is 1. The first-order valence-electron chi connectivity index (χ1n) is 5.42. The van der Waals surface area contributed by atoms with Gasteiger partial charge in [-0.05, 0) is 12.1 Å². The lowest BCUT2D eigenvalue weighted by Gasteiger charge is -2.07. The molecule has 2 aromatic heterocycles. The highest BCUT2D eigenvalue weighted by Crippen LogP contribution is 2.22. The number of oxazole rings is 1. The Kier molecular flexibility index (Phi) is 2.35. The Morgan fingerprint density at radius 2 is 2.35 bits per heavy atom. The summed E-state index contributed by atoms with van der Waals surface area (Å²) < 4.78 is 5.67. The smallest absolute Gasteiger partial charge is 0.245 e. The minimum absolute atomic E-state index is 0.531. The van der Waals surface area contributed by atoms with Gasteiger partial charge in [-0.25, -0.2) is 9.97 Å². The second-order valence-corrected chi connectivity index (χ2v) is 3.86. The van der Waals surface area contributed by atoms with Gasteiger partial charge in [0.1, 0.15) is 17.5 Å². The van der Waals surface area contributed by atoms with E-state index in [-0.39, 0.29) is 0 Å². The van der Waals surface area contributed by atoms with Gasteiger partial charge in [-0.15, -0.1) is 0 Å². The number of nitrogens with one attached hydrogen (secondary N) is 1. The molecule has 17 heavy (non-hydrogen) atoms. The Labute approximate surface area is 98.1 Å². The van der Waals surface area contributed by atoms with Gasteiger partial charge in [0.15, 0.2) is 0 Å². The van der Waals surface area contributed by atoms with Crippen LogP contribution in [0.15, 0.2) is 22.7 Å². The summed E-state index contributed by atoms with van der Waals surface area (Å²) in [6.45, 7) is 1.66. The van der Waals surface area contributed by atoms with E-state index in [2.05, 4.69) is 15.3 Å². The highest BCUT2D eigenvalue weighted by atomic mass is 16.4. The normalized spacial score (nSPS) is 14.1. The van der Waals surface area contributed by atoms with Crippen LogP contribution in [0.2, 0.25) is 0 Å². The van der Waals surface area contributed by atoms with Crippen LogP contribution in [0.3, 0.4) is 0 Å². The highest BCUT2D eigenvalue weighted by Gasteiger charge is 2.17. The number of nitrogens with zero attached hydrogens (tertiary/aromatic N) is 3. The van der Waals surface area contributed by atoms with Gasteiger partial charge in [-0.1, -0.05) is 0 Å². The van der Waals surface area contributed by atoms with E-state index in [0.29, 0.717) is 17.1 Å². The predicted molar refractivity (Wildman–Crippen MR) is 59.9 cm³/mol. The van der Waals surface area contributed by atoms with Crippen LogP contribution in [0.5, 0.6) is 0 Å². The predicted octanol–water partition coefficient (Wildman–Crippen LogP) is 1.25. The molecule has 0 amide bonds. The van der Waals surface area contributed by atoms with Gasteiger partial charge in [0.2, 0.25) is 5.89 Å². The van der Waals surface area contributed by atoms with Gasteiger partial charge in [0.25, 0.3) is 0 Å². The molecule has 0 aliphatic carbocycles. The molecule has 2 aromatic rings. The maximum absolute atomic E-state index is 8.69. The van der Waals surface area contributed by atoms with Crippen LogP contribution in [0.4, 0.5) is 0 Å². The van der Waals surface area contributed by atoms with Gasteiger partial charge >= 0.3 is 0 Å². The molecule has 84 valence electrons. The first kappa shape index (κ1) is 10.00. The lowest BCUT2D eigenvalue weighted by atomic mass is 10.2. The first-order valence-corrected chi connectivity index (χ1v) is 5.42. The molecule has 0 radical (unpaired) electrons. The lowest BCUT2D eigenvalue weighted by molar-refractivity contribution is 0.482. The average molecular weight is 226 g/mol. The second kappa shape index (κ2) is 4.00. The number of aromatic nitrogens is 2. The zero-order chi connectivity index (χ0) is 11.7. The summed E-state index contributed by atoms with van der Waals surface area (Å²) in [5, 5.41) is 11.9. The Balaban J connectivity index is 1.98. The molecule has 0 saturated carbocycles. The fraction of sp³-hybridized carbons (Fsp3) is 0.250. The Morgan fingerprint density at radius 1 is 1.41 bits per heavy atom. The van der Waals surface area contributed by atoms with Crippen LogP contribution in [0.1, 0.15) is 17.0 Å². The molecule has 5 nitrogen and oxygen atoms in total. The van der Waals surface area contributed by atoms with Crippen molar-refractivity contribution in [3.8, 4) is 17.7 Å². The summed E-state index contributed by atoms with van der Waals surface area (Å²) in [5.74, 6) is 1.47.